The summed E-state index contributed by atoms with van der Waals surface area (Å²) in [7, 11) is 5.60. The summed E-state index contributed by atoms with van der Waals surface area (Å²) in [6.07, 6.45) is 0. The van der Waals surface area contributed by atoms with Crippen LogP contribution in [0, 0.1) is 0 Å². The van der Waals surface area contributed by atoms with Gasteiger partial charge in [-0.3, -0.25) is 0 Å². The molecule has 0 aliphatic heterocycles. The second-order valence-electron chi connectivity index (χ2n) is 3.51. The highest BCUT2D eigenvalue weighted by molar-refractivity contribution is 4.85. The summed E-state index contributed by atoms with van der Waals surface area (Å²) in [6, 6.07) is 0. The zero-order chi connectivity index (χ0) is 11.1. The molecule has 0 bridgehead atoms. The van der Waals surface area contributed by atoms with Gasteiger partial charge in [-0.05, 0) is 14.1 Å². The van der Waals surface area contributed by atoms with Gasteiger partial charge in [-0.15, -0.1) is 0 Å². The van der Waals surface area contributed by atoms with Crippen molar-refractivity contribution in [2.24, 2.45) is 0 Å². The molecule has 0 radical (unpaired) electrons. The van der Waals surface area contributed by atoms with Crippen LogP contribution in [-0.2, 0) is 17.8 Å². The van der Waals surface area contributed by atoms with Crippen molar-refractivity contribution in [2.45, 2.75) is 13.1 Å². The second-order valence-corrected chi connectivity index (χ2v) is 3.51. The molecular formula is C9H18N4O2. The molecule has 1 aromatic heterocycles. The van der Waals surface area contributed by atoms with Crippen molar-refractivity contribution in [1.29, 1.82) is 0 Å². The highest BCUT2D eigenvalue weighted by atomic mass is 16.5. The van der Waals surface area contributed by atoms with E-state index in [0.717, 1.165) is 6.54 Å². The minimum Gasteiger partial charge on any atom is -0.383 e. The van der Waals surface area contributed by atoms with E-state index in [-0.39, 0.29) is 0 Å². The van der Waals surface area contributed by atoms with Crippen molar-refractivity contribution < 1.29 is 9.26 Å². The molecule has 1 rings (SSSR count). The fraction of sp³-hybridized carbons (Fsp3) is 0.778. The standard InChI is InChI=1S/C9H18N4O2/c1-13(2)7-8-11-9(15-12-8)6-10-4-5-14-3/h10H,4-7H2,1-3H3. The second kappa shape index (κ2) is 6.49. The van der Waals surface area contributed by atoms with Crippen LogP contribution >= 0.6 is 0 Å². The van der Waals surface area contributed by atoms with Gasteiger partial charge in [0.25, 0.3) is 0 Å². The van der Waals surface area contributed by atoms with Gasteiger partial charge in [-0.25, -0.2) is 0 Å². The molecule has 0 saturated carbocycles. The van der Waals surface area contributed by atoms with Crippen LogP contribution in [0.25, 0.3) is 0 Å². The van der Waals surface area contributed by atoms with Gasteiger partial charge in [0.15, 0.2) is 5.82 Å². The third-order valence-electron chi connectivity index (χ3n) is 1.73. The van der Waals surface area contributed by atoms with Crippen LogP contribution < -0.4 is 5.32 Å². The summed E-state index contributed by atoms with van der Waals surface area (Å²) >= 11 is 0. The van der Waals surface area contributed by atoms with Crippen molar-refractivity contribution in [3.8, 4) is 0 Å². The van der Waals surface area contributed by atoms with Gasteiger partial charge in [0.2, 0.25) is 5.89 Å². The van der Waals surface area contributed by atoms with E-state index >= 15 is 0 Å². The van der Waals surface area contributed by atoms with Crippen LogP contribution in [0.2, 0.25) is 0 Å². The van der Waals surface area contributed by atoms with Crippen molar-refractivity contribution in [3.05, 3.63) is 11.7 Å². The Bertz CT molecular complexity index is 275. The van der Waals surface area contributed by atoms with Crippen LogP contribution in [0.3, 0.4) is 0 Å². The first kappa shape index (κ1) is 12.1. The lowest BCUT2D eigenvalue weighted by Crippen LogP contribution is -2.18. The topological polar surface area (TPSA) is 63.4 Å². The van der Waals surface area contributed by atoms with Crippen molar-refractivity contribution in [3.63, 3.8) is 0 Å². The van der Waals surface area contributed by atoms with Crippen LogP contribution in [0.5, 0.6) is 0 Å². The fourth-order valence-corrected chi connectivity index (χ4v) is 1.08. The largest absolute Gasteiger partial charge is 0.383 e. The third-order valence-corrected chi connectivity index (χ3v) is 1.73. The molecule has 0 aliphatic rings. The van der Waals surface area contributed by atoms with Gasteiger partial charge in [0.1, 0.15) is 0 Å². The quantitative estimate of drug-likeness (QED) is 0.638. The van der Waals surface area contributed by atoms with E-state index < -0.39 is 0 Å². The molecule has 86 valence electrons. The van der Waals surface area contributed by atoms with E-state index in [9.17, 15) is 0 Å². The van der Waals surface area contributed by atoms with Gasteiger partial charge in [-0.1, -0.05) is 5.16 Å². The Morgan fingerprint density at radius 3 is 2.93 bits per heavy atom. The average molecular weight is 214 g/mol. The molecule has 6 nitrogen and oxygen atoms in total. The number of aromatic nitrogens is 2. The monoisotopic (exact) mass is 214 g/mol. The summed E-state index contributed by atoms with van der Waals surface area (Å²) < 4.78 is 9.96. The first-order valence-electron chi connectivity index (χ1n) is 4.88. The van der Waals surface area contributed by atoms with Gasteiger partial charge >= 0.3 is 0 Å². The Hall–Kier alpha value is -0.980. The van der Waals surface area contributed by atoms with E-state index in [2.05, 4.69) is 15.5 Å². The summed E-state index contributed by atoms with van der Waals surface area (Å²) in [5.41, 5.74) is 0. The molecule has 0 atom stereocenters. The van der Waals surface area contributed by atoms with Crippen LogP contribution in [0.15, 0.2) is 4.52 Å². The van der Waals surface area contributed by atoms with Gasteiger partial charge in [0, 0.05) is 13.7 Å². The van der Waals surface area contributed by atoms with Crippen LogP contribution in [0.1, 0.15) is 11.7 Å². The predicted octanol–water partition coefficient (Wildman–Crippen LogP) is -0.133. The Labute approximate surface area is 89.6 Å². The fourth-order valence-electron chi connectivity index (χ4n) is 1.08. The van der Waals surface area contributed by atoms with Gasteiger partial charge in [0.05, 0.1) is 19.7 Å². The molecule has 1 N–H and O–H groups in total. The molecule has 0 saturated heterocycles. The smallest absolute Gasteiger partial charge is 0.240 e. The minimum absolute atomic E-state index is 0.587. The maximum Gasteiger partial charge on any atom is 0.240 e. The normalized spacial score (nSPS) is 11.2. The molecule has 1 heterocycles. The molecule has 0 aromatic carbocycles. The van der Waals surface area contributed by atoms with Gasteiger partial charge in [-0.2, -0.15) is 4.98 Å². The Morgan fingerprint density at radius 2 is 2.27 bits per heavy atom. The SMILES string of the molecule is COCCNCc1nc(CN(C)C)no1. The Kier molecular flexibility index (Phi) is 5.23. The molecular weight excluding hydrogens is 196 g/mol. The summed E-state index contributed by atoms with van der Waals surface area (Å²) in [5, 5.41) is 6.99. The van der Waals surface area contributed by atoms with Crippen LogP contribution in [0.4, 0.5) is 0 Å². The summed E-state index contributed by atoms with van der Waals surface area (Å²) in [6.45, 7) is 2.74. The highest BCUT2D eigenvalue weighted by Gasteiger charge is 2.05. The molecule has 0 unspecified atom stereocenters. The molecule has 0 spiro atoms. The zero-order valence-electron chi connectivity index (χ0n) is 9.49. The van der Waals surface area contributed by atoms with E-state index in [0.29, 0.717) is 31.4 Å². The highest BCUT2D eigenvalue weighted by Crippen LogP contribution is 1.98. The van der Waals surface area contributed by atoms with E-state index in [1.54, 1.807) is 7.11 Å². The summed E-state index contributed by atoms with van der Waals surface area (Å²) in [4.78, 5) is 6.22. The van der Waals surface area contributed by atoms with E-state index in [1.807, 2.05) is 19.0 Å². The molecule has 0 amide bonds. The third kappa shape index (κ3) is 4.87. The zero-order valence-corrected chi connectivity index (χ0v) is 9.49. The minimum atomic E-state index is 0.587. The predicted molar refractivity (Wildman–Crippen MR) is 55.3 cm³/mol. The number of rotatable bonds is 7. The van der Waals surface area contributed by atoms with Crippen molar-refractivity contribution in [2.75, 3.05) is 34.4 Å². The lowest BCUT2D eigenvalue weighted by molar-refractivity contribution is 0.197. The van der Waals surface area contributed by atoms with Crippen LogP contribution in [-0.4, -0.2) is 49.4 Å². The number of nitrogens with one attached hydrogen (secondary N) is 1. The number of nitrogens with zero attached hydrogens (tertiary/aromatic N) is 3. The first-order chi connectivity index (χ1) is 7.22. The number of hydrogen-bond donors (Lipinski definition) is 1. The molecule has 15 heavy (non-hydrogen) atoms. The number of hydrogen-bond acceptors (Lipinski definition) is 6. The average Bonchev–Trinajstić information content (AvgIpc) is 2.59. The number of ether oxygens (including phenoxy) is 1. The lowest BCUT2D eigenvalue weighted by atomic mass is 10.5. The molecule has 1 aromatic rings. The Balaban J connectivity index is 2.26. The summed E-state index contributed by atoms with van der Waals surface area (Å²) in [5.74, 6) is 1.33. The molecule has 0 aliphatic carbocycles. The molecule has 6 heteroatoms. The van der Waals surface area contributed by atoms with Crippen molar-refractivity contribution >= 4 is 0 Å². The Morgan fingerprint density at radius 1 is 1.47 bits per heavy atom. The van der Waals surface area contributed by atoms with Crippen molar-refractivity contribution in [1.82, 2.24) is 20.4 Å². The maximum absolute atomic E-state index is 5.05. The lowest BCUT2D eigenvalue weighted by Gasteiger charge is -2.03. The molecule has 0 fully saturated rings. The van der Waals surface area contributed by atoms with Gasteiger partial charge < -0.3 is 19.5 Å². The van der Waals surface area contributed by atoms with E-state index in [4.69, 9.17) is 9.26 Å². The van der Waals surface area contributed by atoms with E-state index in [1.165, 1.54) is 0 Å². The maximum atomic E-state index is 5.05. The number of methoxy groups -OCH3 is 1. The first-order valence-corrected chi connectivity index (χ1v) is 4.88.